The molecule has 0 N–H and O–H groups in total. The van der Waals surface area contributed by atoms with E-state index < -0.39 is 5.82 Å². The predicted octanol–water partition coefficient (Wildman–Crippen LogP) is 9.83. The van der Waals surface area contributed by atoms with Gasteiger partial charge in [0.2, 0.25) is 6.79 Å². The first-order valence-corrected chi connectivity index (χ1v) is 14.5. The Hall–Kier alpha value is -2.54. The number of hydrogen-bond donors (Lipinski definition) is 0. The third-order valence-electron chi connectivity index (χ3n) is 7.02. The molecule has 0 aliphatic heterocycles. The van der Waals surface area contributed by atoms with E-state index in [0.717, 1.165) is 29.2 Å². The molecule has 0 spiro atoms. The summed E-state index contributed by atoms with van der Waals surface area (Å²) >= 11 is 0. The Balaban J connectivity index is 1.59. The molecule has 0 radical (unpaired) electrons. The first-order valence-electron chi connectivity index (χ1n) is 14.5. The van der Waals surface area contributed by atoms with Crippen LogP contribution in [-0.2, 0) is 9.53 Å². The van der Waals surface area contributed by atoms with Crippen LogP contribution in [0.4, 0.5) is 4.39 Å². The number of hydrogen-bond acceptors (Lipinski definition) is 3. The third-order valence-corrected chi connectivity index (χ3v) is 7.02. The topological polar surface area (TPSA) is 35.5 Å². The summed E-state index contributed by atoms with van der Waals surface area (Å²) < 4.78 is 25.2. The van der Waals surface area contributed by atoms with Gasteiger partial charge in [0.1, 0.15) is 11.6 Å². The molecule has 0 aliphatic carbocycles. The first kappa shape index (κ1) is 30.7. The van der Waals surface area contributed by atoms with Crippen LogP contribution in [0.25, 0.3) is 10.8 Å². The zero-order valence-corrected chi connectivity index (χ0v) is 23.4. The van der Waals surface area contributed by atoms with Crippen LogP contribution >= 0.6 is 0 Å². The Kier molecular flexibility index (Phi) is 14.8. The molecule has 0 aromatic heterocycles. The number of carbonyl (C=O) groups is 1. The zero-order chi connectivity index (χ0) is 26.9. The molecule has 0 saturated carbocycles. The van der Waals surface area contributed by atoms with Crippen molar-refractivity contribution in [1.29, 1.82) is 0 Å². The molecule has 37 heavy (non-hydrogen) atoms. The predicted molar refractivity (Wildman–Crippen MR) is 152 cm³/mol. The van der Waals surface area contributed by atoms with E-state index in [1.807, 2.05) is 26.0 Å². The van der Waals surface area contributed by atoms with E-state index in [2.05, 4.69) is 12.8 Å². The Bertz CT molecular complexity index is 989. The Labute approximate surface area is 224 Å². The third kappa shape index (κ3) is 11.2. The van der Waals surface area contributed by atoms with E-state index in [-0.39, 0.29) is 24.2 Å². The smallest absolute Gasteiger partial charge is 0.308 e. The van der Waals surface area contributed by atoms with Gasteiger partial charge in [-0.15, -0.1) is 6.42 Å². The number of halogens is 1. The summed E-state index contributed by atoms with van der Waals surface area (Å²) in [6.45, 7) is 6.18. The molecule has 0 saturated heterocycles. The summed E-state index contributed by atoms with van der Waals surface area (Å²) in [6, 6.07) is 6.74. The van der Waals surface area contributed by atoms with Crippen molar-refractivity contribution in [3.05, 3.63) is 41.2 Å². The van der Waals surface area contributed by atoms with E-state index in [9.17, 15) is 9.18 Å². The summed E-state index contributed by atoms with van der Waals surface area (Å²) in [6.07, 6.45) is 24.0. The van der Waals surface area contributed by atoms with Gasteiger partial charge in [-0.3, -0.25) is 4.79 Å². The molecule has 204 valence electrons. The molecule has 0 bridgehead atoms. The number of fused-ring (bicyclic) bond motifs is 1. The second kappa shape index (κ2) is 17.8. The van der Waals surface area contributed by atoms with Crippen LogP contribution in [0, 0.1) is 18.2 Å². The lowest BCUT2D eigenvalue weighted by molar-refractivity contribution is -0.150. The lowest BCUT2D eigenvalue weighted by Crippen LogP contribution is -2.10. The maximum Gasteiger partial charge on any atom is 0.308 e. The average Bonchev–Trinajstić information content (AvgIpc) is 2.88. The van der Waals surface area contributed by atoms with Gasteiger partial charge in [0.25, 0.3) is 0 Å². The number of carbonyl (C=O) groups excluding carboxylic acids is 1. The van der Waals surface area contributed by atoms with E-state index >= 15 is 0 Å². The van der Waals surface area contributed by atoms with Crippen LogP contribution in [0.15, 0.2) is 24.3 Å². The first-order chi connectivity index (χ1) is 18.0. The molecule has 2 rings (SSSR count). The van der Waals surface area contributed by atoms with E-state index in [1.54, 1.807) is 6.07 Å². The van der Waals surface area contributed by atoms with E-state index in [4.69, 9.17) is 15.9 Å². The van der Waals surface area contributed by atoms with Gasteiger partial charge in [-0.1, -0.05) is 116 Å². The highest BCUT2D eigenvalue weighted by atomic mass is 19.1. The van der Waals surface area contributed by atoms with Crippen LogP contribution in [0.2, 0.25) is 0 Å². The second-order valence-corrected chi connectivity index (χ2v) is 10.5. The lowest BCUT2D eigenvalue weighted by Gasteiger charge is -2.15. The van der Waals surface area contributed by atoms with Gasteiger partial charge in [-0.2, -0.15) is 0 Å². The van der Waals surface area contributed by atoms with E-state index in [1.165, 1.54) is 83.1 Å². The van der Waals surface area contributed by atoms with Crippen molar-refractivity contribution in [3.8, 4) is 18.1 Å². The summed E-state index contributed by atoms with van der Waals surface area (Å²) in [5.74, 6) is 2.55. The highest BCUT2D eigenvalue weighted by Gasteiger charge is 2.15. The van der Waals surface area contributed by atoms with Crippen molar-refractivity contribution < 1.29 is 18.7 Å². The van der Waals surface area contributed by atoms with Crippen molar-refractivity contribution in [2.45, 2.75) is 123 Å². The highest BCUT2D eigenvalue weighted by molar-refractivity contribution is 5.93. The fraction of sp³-hybridized carbons (Fsp3) is 0.606. The Morgan fingerprint density at radius 2 is 1.46 bits per heavy atom. The summed E-state index contributed by atoms with van der Waals surface area (Å²) in [4.78, 5) is 12.1. The van der Waals surface area contributed by atoms with Crippen LogP contribution in [-0.4, -0.2) is 12.8 Å². The average molecular weight is 511 g/mol. The van der Waals surface area contributed by atoms with Crippen LogP contribution < -0.4 is 4.74 Å². The van der Waals surface area contributed by atoms with Crippen molar-refractivity contribution in [2.24, 2.45) is 0 Å². The number of terminal acetylenes is 1. The van der Waals surface area contributed by atoms with E-state index in [0.29, 0.717) is 12.2 Å². The Morgan fingerprint density at radius 1 is 0.892 bits per heavy atom. The second-order valence-electron chi connectivity index (χ2n) is 10.5. The maximum atomic E-state index is 14.2. The molecule has 0 atom stereocenters. The maximum absolute atomic E-state index is 14.2. The molecule has 0 aliphatic rings. The molecule has 4 heteroatoms. The lowest BCUT2D eigenvalue weighted by atomic mass is 9.92. The van der Waals surface area contributed by atoms with Gasteiger partial charge in [-0.25, -0.2) is 4.39 Å². The van der Waals surface area contributed by atoms with Gasteiger partial charge >= 0.3 is 5.97 Å². The molecule has 3 nitrogen and oxygen atoms in total. The Morgan fingerprint density at radius 3 is 2.00 bits per heavy atom. The van der Waals surface area contributed by atoms with Crippen molar-refractivity contribution in [1.82, 2.24) is 0 Å². The number of esters is 1. The fourth-order valence-electron chi connectivity index (χ4n) is 4.82. The van der Waals surface area contributed by atoms with Gasteiger partial charge in [-0.05, 0) is 41.5 Å². The van der Waals surface area contributed by atoms with Gasteiger partial charge in [0.05, 0.1) is 5.56 Å². The molecule has 0 unspecified atom stereocenters. The van der Waals surface area contributed by atoms with Crippen molar-refractivity contribution >= 4 is 16.7 Å². The van der Waals surface area contributed by atoms with Crippen molar-refractivity contribution in [2.75, 3.05) is 6.79 Å². The molecule has 0 amide bonds. The number of benzene rings is 2. The van der Waals surface area contributed by atoms with Crippen LogP contribution in [0.5, 0.6) is 5.75 Å². The van der Waals surface area contributed by atoms with Crippen LogP contribution in [0.1, 0.15) is 134 Å². The van der Waals surface area contributed by atoms with Gasteiger partial charge in [0, 0.05) is 11.8 Å². The minimum atomic E-state index is -0.400. The summed E-state index contributed by atoms with van der Waals surface area (Å²) in [5, 5.41) is 1.55. The SMILES string of the molecule is C#Cc1c(F)ccc2cc(OCOC(=O)CCCCCCCCCCCCCCCC)cc(C(C)C)c12. The molecule has 2 aromatic carbocycles. The van der Waals surface area contributed by atoms with Gasteiger partial charge < -0.3 is 9.47 Å². The fourth-order valence-corrected chi connectivity index (χ4v) is 4.82. The molecule has 0 heterocycles. The minimum absolute atomic E-state index is 0.128. The largest absolute Gasteiger partial charge is 0.457 e. The van der Waals surface area contributed by atoms with Gasteiger partial charge in [0.15, 0.2) is 0 Å². The summed E-state index contributed by atoms with van der Waals surface area (Å²) in [7, 11) is 0. The molecule has 2 aromatic rings. The molecular weight excluding hydrogens is 463 g/mol. The molecule has 0 fully saturated rings. The number of rotatable bonds is 19. The van der Waals surface area contributed by atoms with Crippen molar-refractivity contribution in [3.63, 3.8) is 0 Å². The quantitative estimate of drug-likeness (QED) is 0.0816. The monoisotopic (exact) mass is 510 g/mol. The number of unbranched alkanes of at least 4 members (excludes halogenated alkanes) is 13. The zero-order valence-electron chi connectivity index (χ0n) is 23.4. The summed E-state index contributed by atoms with van der Waals surface area (Å²) in [5.41, 5.74) is 1.18. The highest BCUT2D eigenvalue weighted by Crippen LogP contribution is 2.33. The standard InChI is InChI=1S/C33H47FO3/c1-5-7-8-9-10-11-12-13-14-15-16-17-18-19-20-32(35)37-25-36-28-23-27-21-22-31(34)29(6-2)33(27)30(24-28)26(3)4/h2,21-24,26H,5,7-20,25H2,1,3-4H3. The normalized spacial score (nSPS) is 11.1. The minimum Gasteiger partial charge on any atom is -0.457 e. The number of ether oxygens (including phenoxy) is 2. The molecular formula is C33H47FO3. The van der Waals surface area contributed by atoms with Crippen LogP contribution in [0.3, 0.4) is 0 Å².